The Morgan fingerprint density at radius 1 is 1.65 bits per heavy atom. The van der Waals surface area contributed by atoms with Gasteiger partial charge in [0.1, 0.15) is 4.60 Å². The van der Waals surface area contributed by atoms with Crippen LogP contribution in [0.3, 0.4) is 0 Å². The van der Waals surface area contributed by atoms with Gasteiger partial charge >= 0.3 is 0 Å². The average molecular weight is 301 g/mol. The molecule has 1 aromatic heterocycles. The largest absolute Gasteiger partial charge is 0.394 e. The third-order valence-electron chi connectivity index (χ3n) is 2.60. The number of aliphatic hydroxyl groups excluding tert-OH is 1. The zero-order chi connectivity index (χ0) is 12.3. The molecular weight excluding hydrogens is 288 g/mol. The van der Waals surface area contributed by atoms with Crippen molar-refractivity contribution in [2.45, 2.75) is 6.10 Å². The van der Waals surface area contributed by atoms with Crippen LogP contribution in [0.4, 0.5) is 0 Å². The van der Waals surface area contributed by atoms with E-state index in [4.69, 9.17) is 9.84 Å². The Morgan fingerprint density at radius 2 is 2.47 bits per heavy atom. The number of aromatic nitrogens is 1. The molecule has 1 amide bonds. The van der Waals surface area contributed by atoms with Crippen molar-refractivity contribution in [1.29, 1.82) is 0 Å². The van der Waals surface area contributed by atoms with E-state index >= 15 is 0 Å². The van der Waals surface area contributed by atoms with Crippen molar-refractivity contribution >= 4 is 21.8 Å². The molecule has 1 fully saturated rings. The Kier molecular flexibility index (Phi) is 4.09. The summed E-state index contributed by atoms with van der Waals surface area (Å²) in [5.41, 5.74) is 0.548. The van der Waals surface area contributed by atoms with Crippen LogP contribution in [0, 0.1) is 0 Å². The Bertz CT molecular complexity index is 396. The highest BCUT2D eigenvalue weighted by Crippen LogP contribution is 2.12. The maximum atomic E-state index is 12.1. The topological polar surface area (TPSA) is 62.7 Å². The molecule has 1 aromatic rings. The average Bonchev–Trinajstić information content (AvgIpc) is 2.39. The van der Waals surface area contributed by atoms with Gasteiger partial charge in [-0.1, -0.05) is 0 Å². The third kappa shape index (κ3) is 3.02. The monoisotopic (exact) mass is 300 g/mol. The first kappa shape index (κ1) is 12.5. The van der Waals surface area contributed by atoms with Crippen LogP contribution in [0.5, 0.6) is 0 Å². The number of aliphatic hydroxyl groups is 1. The number of hydrogen-bond donors (Lipinski definition) is 1. The van der Waals surface area contributed by atoms with Gasteiger partial charge in [0.05, 0.1) is 24.9 Å². The predicted molar refractivity (Wildman–Crippen MR) is 64.7 cm³/mol. The third-order valence-corrected chi connectivity index (χ3v) is 3.07. The van der Waals surface area contributed by atoms with Crippen molar-refractivity contribution in [3.8, 4) is 0 Å². The molecule has 1 aliphatic rings. The second-order valence-electron chi connectivity index (χ2n) is 3.80. The first-order valence-electron chi connectivity index (χ1n) is 5.34. The van der Waals surface area contributed by atoms with Crippen LogP contribution in [0.1, 0.15) is 10.4 Å². The summed E-state index contributed by atoms with van der Waals surface area (Å²) in [5, 5.41) is 9.02. The first-order valence-corrected chi connectivity index (χ1v) is 6.13. The smallest absolute Gasteiger partial charge is 0.255 e. The second-order valence-corrected chi connectivity index (χ2v) is 4.61. The fraction of sp³-hybridized carbons (Fsp3) is 0.455. The summed E-state index contributed by atoms with van der Waals surface area (Å²) in [7, 11) is 0. The summed E-state index contributed by atoms with van der Waals surface area (Å²) in [5.74, 6) is -0.0771. The van der Waals surface area contributed by atoms with Gasteiger partial charge in [-0.2, -0.15) is 0 Å². The van der Waals surface area contributed by atoms with Gasteiger partial charge in [0.15, 0.2) is 0 Å². The number of amides is 1. The number of rotatable bonds is 2. The van der Waals surface area contributed by atoms with Crippen molar-refractivity contribution in [3.63, 3.8) is 0 Å². The Balaban J connectivity index is 2.06. The van der Waals surface area contributed by atoms with Crippen LogP contribution in [0.2, 0.25) is 0 Å². The highest BCUT2D eigenvalue weighted by atomic mass is 79.9. The van der Waals surface area contributed by atoms with Gasteiger partial charge in [-0.25, -0.2) is 4.98 Å². The van der Waals surface area contributed by atoms with E-state index < -0.39 is 0 Å². The summed E-state index contributed by atoms with van der Waals surface area (Å²) < 4.78 is 5.99. The fourth-order valence-corrected chi connectivity index (χ4v) is 1.93. The van der Waals surface area contributed by atoms with Gasteiger partial charge in [0.2, 0.25) is 0 Å². The number of carbonyl (C=O) groups excluding carboxylic acids is 1. The van der Waals surface area contributed by atoms with Crippen molar-refractivity contribution in [2.24, 2.45) is 0 Å². The SMILES string of the molecule is O=C(c1ccc(Br)nc1)N1CCOC(CO)C1. The Morgan fingerprint density at radius 3 is 3.12 bits per heavy atom. The molecule has 1 atom stereocenters. The molecule has 2 rings (SSSR count). The van der Waals surface area contributed by atoms with E-state index in [9.17, 15) is 4.79 Å². The number of morpholine rings is 1. The lowest BCUT2D eigenvalue weighted by Crippen LogP contribution is -2.46. The van der Waals surface area contributed by atoms with E-state index in [0.717, 1.165) is 0 Å². The van der Waals surface area contributed by atoms with E-state index in [-0.39, 0.29) is 18.6 Å². The number of pyridine rings is 1. The molecule has 0 radical (unpaired) electrons. The van der Waals surface area contributed by atoms with Crippen LogP contribution in [-0.2, 0) is 4.74 Å². The molecule has 0 aromatic carbocycles. The number of hydrogen-bond acceptors (Lipinski definition) is 4. The number of nitrogens with zero attached hydrogens (tertiary/aromatic N) is 2. The molecule has 5 nitrogen and oxygen atoms in total. The molecule has 1 N–H and O–H groups in total. The zero-order valence-corrected chi connectivity index (χ0v) is 10.8. The number of carbonyl (C=O) groups is 1. The predicted octanol–water partition coefficient (Wildman–Crippen LogP) is 0.677. The van der Waals surface area contributed by atoms with Gasteiger partial charge in [0, 0.05) is 19.3 Å². The molecule has 0 saturated carbocycles. The molecule has 0 bridgehead atoms. The Hall–Kier alpha value is -0.980. The minimum Gasteiger partial charge on any atom is -0.394 e. The molecule has 0 spiro atoms. The highest BCUT2D eigenvalue weighted by molar-refractivity contribution is 9.10. The van der Waals surface area contributed by atoms with Crippen LogP contribution < -0.4 is 0 Å². The van der Waals surface area contributed by atoms with Crippen LogP contribution in [-0.4, -0.2) is 53.3 Å². The van der Waals surface area contributed by atoms with Gasteiger partial charge in [-0.3, -0.25) is 4.79 Å². The van der Waals surface area contributed by atoms with Crippen molar-refractivity contribution in [1.82, 2.24) is 9.88 Å². The second kappa shape index (κ2) is 5.57. The summed E-state index contributed by atoms with van der Waals surface area (Å²) in [6.45, 7) is 1.36. The fourth-order valence-electron chi connectivity index (χ4n) is 1.70. The van der Waals surface area contributed by atoms with E-state index in [1.54, 1.807) is 17.0 Å². The van der Waals surface area contributed by atoms with Crippen LogP contribution in [0.15, 0.2) is 22.9 Å². The highest BCUT2D eigenvalue weighted by Gasteiger charge is 2.24. The molecule has 1 aliphatic heterocycles. The maximum Gasteiger partial charge on any atom is 0.255 e. The summed E-state index contributed by atoms with van der Waals surface area (Å²) in [6.07, 6.45) is 1.26. The van der Waals surface area contributed by atoms with E-state index in [2.05, 4.69) is 20.9 Å². The molecule has 92 valence electrons. The molecule has 1 saturated heterocycles. The normalized spacial score (nSPS) is 20.4. The summed E-state index contributed by atoms with van der Waals surface area (Å²) in [6, 6.07) is 3.46. The van der Waals surface area contributed by atoms with Gasteiger partial charge in [-0.05, 0) is 28.1 Å². The molecule has 0 aliphatic carbocycles. The van der Waals surface area contributed by atoms with Crippen LogP contribution >= 0.6 is 15.9 Å². The lowest BCUT2D eigenvalue weighted by Gasteiger charge is -2.32. The van der Waals surface area contributed by atoms with Crippen molar-refractivity contribution < 1.29 is 14.6 Å². The van der Waals surface area contributed by atoms with Gasteiger partial charge in [-0.15, -0.1) is 0 Å². The van der Waals surface area contributed by atoms with E-state index in [0.29, 0.717) is 29.9 Å². The van der Waals surface area contributed by atoms with Gasteiger partial charge in [0.25, 0.3) is 5.91 Å². The van der Waals surface area contributed by atoms with Crippen LogP contribution in [0.25, 0.3) is 0 Å². The molecular formula is C11H13BrN2O3. The summed E-state index contributed by atoms with van der Waals surface area (Å²) >= 11 is 3.22. The van der Waals surface area contributed by atoms with E-state index in [1.165, 1.54) is 6.20 Å². The minimum absolute atomic E-state index is 0.0671. The number of ether oxygens (including phenoxy) is 1. The standard InChI is InChI=1S/C11H13BrN2O3/c12-10-2-1-8(5-13-10)11(16)14-3-4-17-9(6-14)7-15/h1-2,5,9,15H,3-4,6-7H2. The molecule has 1 unspecified atom stereocenters. The van der Waals surface area contributed by atoms with Gasteiger partial charge < -0.3 is 14.7 Å². The lowest BCUT2D eigenvalue weighted by atomic mass is 10.2. The van der Waals surface area contributed by atoms with Crippen molar-refractivity contribution in [2.75, 3.05) is 26.3 Å². The molecule has 2 heterocycles. The quantitative estimate of drug-likeness (QED) is 0.816. The minimum atomic E-state index is -0.281. The number of halogens is 1. The zero-order valence-electron chi connectivity index (χ0n) is 9.17. The summed E-state index contributed by atoms with van der Waals surface area (Å²) in [4.78, 5) is 17.8. The Labute approximate surface area is 108 Å². The first-order chi connectivity index (χ1) is 8.20. The van der Waals surface area contributed by atoms with Crippen molar-refractivity contribution in [3.05, 3.63) is 28.5 Å². The lowest BCUT2D eigenvalue weighted by molar-refractivity contribution is -0.0447. The molecule has 6 heteroatoms. The maximum absolute atomic E-state index is 12.1. The molecule has 17 heavy (non-hydrogen) atoms. The van der Waals surface area contributed by atoms with E-state index in [1.807, 2.05) is 0 Å².